The summed E-state index contributed by atoms with van der Waals surface area (Å²) in [6, 6.07) is 8.85. The molecule has 3 aliphatic heterocycles. The van der Waals surface area contributed by atoms with Gasteiger partial charge >= 0.3 is 0 Å². The van der Waals surface area contributed by atoms with Crippen LogP contribution in [0.2, 0.25) is 0 Å². The SMILES string of the molecule is O=C1C(=Cc2cccs2)Oc2cc(OCC(=O)N3CCC4(CC3)OCCO4)ccc21. The molecule has 2 fully saturated rings. The molecule has 0 N–H and O–H groups in total. The maximum atomic E-state index is 12.5. The van der Waals surface area contributed by atoms with Crippen LogP contribution in [0.5, 0.6) is 11.5 Å². The van der Waals surface area contributed by atoms with Gasteiger partial charge in [0, 0.05) is 43.0 Å². The molecule has 5 rings (SSSR count). The van der Waals surface area contributed by atoms with E-state index in [0.29, 0.717) is 62.0 Å². The number of thiophene rings is 1. The fraction of sp³-hybridized carbons (Fsp3) is 0.364. The van der Waals surface area contributed by atoms with Crippen LogP contribution >= 0.6 is 11.3 Å². The third-order valence-corrected chi connectivity index (χ3v) is 6.33. The maximum absolute atomic E-state index is 12.5. The van der Waals surface area contributed by atoms with Gasteiger partial charge in [-0.05, 0) is 23.6 Å². The summed E-state index contributed by atoms with van der Waals surface area (Å²) in [5.74, 6) is 0.486. The average molecular weight is 427 g/mol. The summed E-state index contributed by atoms with van der Waals surface area (Å²) in [6.07, 6.45) is 3.08. The molecule has 0 atom stereocenters. The van der Waals surface area contributed by atoms with Crippen molar-refractivity contribution < 1.29 is 28.5 Å². The number of rotatable bonds is 4. The average Bonchev–Trinajstić information content (AvgIpc) is 3.50. The quantitative estimate of drug-likeness (QED) is 0.698. The van der Waals surface area contributed by atoms with Gasteiger partial charge < -0.3 is 23.8 Å². The summed E-state index contributed by atoms with van der Waals surface area (Å²) in [7, 11) is 0. The lowest BCUT2D eigenvalue weighted by molar-refractivity contribution is -0.187. The van der Waals surface area contributed by atoms with Crippen LogP contribution in [0.4, 0.5) is 0 Å². The first-order chi connectivity index (χ1) is 14.6. The summed E-state index contributed by atoms with van der Waals surface area (Å²) in [5.41, 5.74) is 0.495. The van der Waals surface area contributed by atoms with E-state index in [4.69, 9.17) is 18.9 Å². The zero-order valence-corrected chi connectivity index (χ0v) is 17.1. The molecule has 7 nitrogen and oxygen atoms in total. The number of amides is 1. The van der Waals surface area contributed by atoms with Crippen LogP contribution in [0.25, 0.3) is 6.08 Å². The molecule has 0 saturated carbocycles. The van der Waals surface area contributed by atoms with Gasteiger partial charge in [0.15, 0.2) is 18.2 Å². The van der Waals surface area contributed by atoms with Crippen LogP contribution in [0, 0.1) is 0 Å². The van der Waals surface area contributed by atoms with Crippen molar-refractivity contribution in [2.24, 2.45) is 0 Å². The number of benzene rings is 1. The molecule has 0 bridgehead atoms. The standard InChI is InChI=1S/C22H21NO6S/c24-20(23-7-5-22(6-8-23)27-9-10-28-22)14-26-15-3-4-17-18(12-15)29-19(21(17)25)13-16-2-1-11-30-16/h1-4,11-13H,5-10,14H2. The van der Waals surface area contributed by atoms with Crippen molar-refractivity contribution >= 4 is 29.1 Å². The van der Waals surface area contributed by atoms with E-state index < -0.39 is 5.79 Å². The lowest BCUT2D eigenvalue weighted by Gasteiger charge is -2.37. The topological polar surface area (TPSA) is 74.3 Å². The van der Waals surface area contributed by atoms with Crippen LogP contribution < -0.4 is 9.47 Å². The minimum absolute atomic E-state index is 0.0701. The summed E-state index contributed by atoms with van der Waals surface area (Å²) in [5, 5.41) is 1.94. The molecule has 2 saturated heterocycles. The van der Waals surface area contributed by atoms with E-state index in [1.807, 2.05) is 17.5 Å². The van der Waals surface area contributed by atoms with Crippen LogP contribution in [0.15, 0.2) is 41.5 Å². The van der Waals surface area contributed by atoms with Crippen molar-refractivity contribution in [2.45, 2.75) is 18.6 Å². The number of likely N-dealkylation sites (tertiary alicyclic amines) is 1. The van der Waals surface area contributed by atoms with E-state index in [2.05, 4.69) is 0 Å². The van der Waals surface area contributed by atoms with E-state index in [1.165, 1.54) is 11.3 Å². The van der Waals surface area contributed by atoms with E-state index in [9.17, 15) is 9.59 Å². The summed E-state index contributed by atoms with van der Waals surface area (Å²) < 4.78 is 22.8. The predicted molar refractivity (Wildman–Crippen MR) is 110 cm³/mol. The van der Waals surface area contributed by atoms with Gasteiger partial charge in [0.25, 0.3) is 5.91 Å². The number of piperidine rings is 1. The Labute approximate surface area is 177 Å². The van der Waals surface area contributed by atoms with Gasteiger partial charge in [0.05, 0.1) is 18.8 Å². The van der Waals surface area contributed by atoms with Gasteiger partial charge in [-0.15, -0.1) is 11.3 Å². The zero-order chi connectivity index (χ0) is 20.6. The third kappa shape index (κ3) is 3.74. The normalized spacial score (nSPS) is 21.1. The predicted octanol–water partition coefficient (Wildman–Crippen LogP) is 3.11. The van der Waals surface area contributed by atoms with Gasteiger partial charge in [-0.3, -0.25) is 9.59 Å². The minimum atomic E-state index is -0.504. The Kier molecular flexibility index (Phi) is 5.06. The van der Waals surface area contributed by atoms with Crippen LogP contribution in [-0.2, 0) is 14.3 Å². The molecule has 156 valence electrons. The van der Waals surface area contributed by atoms with Crippen molar-refractivity contribution in [1.29, 1.82) is 0 Å². The molecule has 30 heavy (non-hydrogen) atoms. The van der Waals surface area contributed by atoms with Gasteiger partial charge in [-0.25, -0.2) is 0 Å². The Morgan fingerprint density at radius 1 is 1.20 bits per heavy atom. The highest BCUT2D eigenvalue weighted by molar-refractivity contribution is 7.10. The molecule has 4 heterocycles. The number of ketones is 1. The molecule has 1 spiro atoms. The number of hydrogen-bond donors (Lipinski definition) is 0. The maximum Gasteiger partial charge on any atom is 0.260 e. The molecule has 1 aromatic heterocycles. The number of carbonyl (C=O) groups is 2. The Morgan fingerprint density at radius 2 is 2.00 bits per heavy atom. The first-order valence-corrected chi connectivity index (χ1v) is 10.8. The smallest absolute Gasteiger partial charge is 0.260 e. The molecular formula is C22H21NO6S. The molecule has 2 aromatic rings. The highest BCUT2D eigenvalue weighted by Gasteiger charge is 2.40. The largest absolute Gasteiger partial charge is 0.484 e. The zero-order valence-electron chi connectivity index (χ0n) is 16.3. The summed E-state index contributed by atoms with van der Waals surface area (Å²) in [4.78, 5) is 27.7. The van der Waals surface area contributed by atoms with Gasteiger partial charge in [-0.1, -0.05) is 6.07 Å². The first-order valence-electron chi connectivity index (χ1n) is 9.92. The van der Waals surface area contributed by atoms with Gasteiger partial charge in [0.1, 0.15) is 11.5 Å². The molecule has 8 heteroatoms. The van der Waals surface area contributed by atoms with Crippen molar-refractivity contribution in [2.75, 3.05) is 32.9 Å². The molecule has 3 aliphatic rings. The molecule has 0 aliphatic carbocycles. The first kappa shape index (κ1) is 19.3. The number of Topliss-reactive ketones (excluding diaryl/α,β-unsaturated/α-hetero) is 1. The van der Waals surface area contributed by atoms with E-state index in [0.717, 1.165) is 4.88 Å². The Hall–Kier alpha value is -2.68. The number of nitrogens with zero attached hydrogens (tertiary/aromatic N) is 1. The molecule has 0 radical (unpaired) electrons. The van der Waals surface area contributed by atoms with Crippen LogP contribution in [-0.4, -0.2) is 55.3 Å². The monoisotopic (exact) mass is 427 g/mol. The molecular weight excluding hydrogens is 406 g/mol. The second-order valence-electron chi connectivity index (χ2n) is 7.39. The van der Waals surface area contributed by atoms with Crippen LogP contribution in [0.3, 0.4) is 0 Å². The summed E-state index contributed by atoms with van der Waals surface area (Å²) in [6.45, 7) is 2.33. The lowest BCUT2D eigenvalue weighted by Crippen LogP contribution is -2.48. The number of fused-ring (bicyclic) bond motifs is 1. The van der Waals surface area contributed by atoms with Crippen molar-refractivity contribution in [3.8, 4) is 11.5 Å². The van der Waals surface area contributed by atoms with Crippen LogP contribution in [0.1, 0.15) is 28.1 Å². The highest BCUT2D eigenvalue weighted by atomic mass is 32.1. The Morgan fingerprint density at radius 3 is 2.73 bits per heavy atom. The third-order valence-electron chi connectivity index (χ3n) is 5.51. The molecule has 1 amide bonds. The van der Waals surface area contributed by atoms with E-state index in [-0.39, 0.29) is 18.3 Å². The summed E-state index contributed by atoms with van der Waals surface area (Å²) >= 11 is 1.53. The van der Waals surface area contributed by atoms with E-state index in [1.54, 1.807) is 29.2 Å². The number of allylic oxidation sites excluding steroid dienone is 1. The number of carbonyl (C=O) groups excluding carboxylic acids is 2. The Bertz CT molecular complexity index is 983. The van der Waals surface area contributed by atoms with Crippen molar-refractivity contribution in [1.82, 2.24) is 4.90 Å². The van der Waals surface area contributed by atoms with Crippen molar-refractivity contribution in [3.05, 3.63) is 51.9 Å². The lowest BCUT2D eigenvalue weighted by atomic mass is 10.0. The molecule has 0 unspecified atom stereocenters. The number of ether oxygens (including phenoxy) is 4. The Balaban J connectivity index is 1.18. The highest BCUT2D eigenvalue weighted by Crippen LogP contribution is 2.35. The second-order valence-corrected chi connectivity index (χ2v) is 8.37. The minimum Gasteiger partial charge on any atom is -0.484 e. The fourth-order valence-electron chi connectivity index (χ4n) is 3.88. The second kappa shape index (κ2) is 7.86. The van der Waals surface area contributed by atoms with E-state index >= 15 is 0 Å². The number of hydrogen-bond acceptors (Lipinski definition) is 7. The molecule has 1 aromatic carbocycles. The fourth-order valence-corrected chi connectivity index (χ4v) is 4.52. The van der Waals surface area contributed by atoms with Crippen molar-refractivity contribution in [3.63, 3.8) is 0 Å². The van der Waals surface area contributed by atoms with Gasteiger partial charge in [-0.2, -0.15) is 0 Å². The van der Waals surface area contributed by atoms with Gasteiger partial charge in [0.2, 0.25) is 5.78 Å².